The summed E-state index contributed by atoms with van der Waals surface area (Å²) in [4.78, 5) is 14.6. The van der Waals surface area contributed by atoms with E-state index in [4.69, 9.17) is 4.74 Å². The summed E-state index contributed by atoms with van der Waals surface area (Å²) >= 11 is 0. The van der Waals surface area contributed by atoms with Gasteiger partial charge in [0.25, 0.3) is 0 Å². The van der Waals surface area contributed by atoms with Gasteiger partial charge < -0.3 is 10.1 Å². The summed E-state index contributed by atoms with van der Waals surface area (Å²) in [6.07, 6.45) is 3.05. The van der Waals surface area contributed by atoms with Crippen molar-refractivity contribution in [3.63, 3.8) is 0 Å². The molecule has 2 rings (SSSR count). The number of nitrogens with zero attached hydrogens (tertiary/aromatic N) is 1. The number of methoxy groups -OCH3 is 1. The molecule has 0 aromatic heterocycles. The number of likely N-dealkylation sites (tertiary alicyclic amines) is 1. The third-order valence-corrected chi connectivity index (χ3v) is 4.85. The number of piperidine rings is 1. The van der Waals surface area contributed by atoms with Crippen molar-refractivity contribution in [3.05, 3.63) is 29.8 Å². The number of carbonyl (C=O) groups is 1. The molecular weight excluding hydrogens is 300 g/mol. The summed E-state index contributed by atoms with van der Waals surface area (Å²) in [5.41, 5.74) is 1.25. The zero-order valence-corrected chi connectivity index (χ0v) is 15.5. The van der Waals surface area contributed by atoms with Crippen molar-refractivity contribution < 1.29 is 9.53 Å². The number of hydrogen-bond donors (Lipinski definition) is 1. The number of amides is 1. The summed E-state index contributed by atoms with van der Waals surface area (Å²) in [5, 5.41) is 3.14. The van der Waals surface area contributed by atoms with Crippen LogP contribution in [0.4, 0.5) is 0 Å². The van der Waals surface area contributed by atoms with E-state index < -0.39 is 0 Å². The van der Waals surface area contributed by atoms with Crippen LogP contribution in [-0.4, -0.2) is 37.6 Å². The summed E-state index contributed by atoms with van der Waals surface area (Å²) < 4.78 is 5.27. The van der Waals surface area contributed by atoms with E-state index >= 15 is 0 Å². The lowest BCUT2D eigenvalue weighted by atomic mass is 9.95. The van der Waals surface area contributed by atoms with Crippen LogP contribution in [0.15, 0.2) is 24.3 Å². The van der Waals surface area contributed by atoms with E-state index in [1.807, 2.05) is 12.1 Å². The van der Waals surface area contributed by atoms with E-state index in [9.17, 15) is 4.79 Å². The molecule has 1 saturated heterocycles. The molecule has 4 heteroatoms. The Morgan fingerprint density at radius 1 is 1.25 bits per heavy atom. The molecule has 1 amide bonds. The third kappa shape index (κ3) is 5.52. The highest BCUT2D eigenvalue weighted by atomic mass is 16.5. The second-order valence-corrected chi connectivity index (χ2v) is 7.41. The van der Waals surface area contributed by atoms with Crippen LogP contribution in [-0.2, 0) is 4.79 Å². The van der Waals surface area contributed by atoms with Crippen LogP contribution >= 0.6 is 0 Å². The van der Waals surface area contributed by atoms with Crippen LogP contribution < -0.4 is 10.1 Å². The Kier molecular flexibility index (Phi) is 7.10. The molecule has 1 aromatic carbocycles. The number of ether oxygens (including phenoxy) is 1. The van der Waals surface area contributed by atoms with Gasteiger partial charge in [0.15, 0.2) is 0 Å². The van der Waals surface area contributed by atoms with Gasteiger partial charge in [-0.2, -0.15) is 0 Å². The second kappa shape index (κ2) is 9.07. The van der Waals surface area contributed by atoms with Gasteiger partial charge in [-0.3, -0.25) is 9.69 Å². The molecule has 0 aliphatic carbocycles. The molecule has 0 spiro atoms. The van der Waals surface area contributed by atoms with Gasteiger partial charge in [0.05, 0.1) is 13.2 Å². The number of hydrogen-bond acceptors (Lipinski definition) is 3. The Labute approximate surface area is 146 Å². The molecule has 0 radical (unpaired) electrons. The fourth-order valence-corrected chi connectivity index (χ4v) is 3.28. The number of benzene rings is 1. The monoisotopic (exact) mass is 332 g/mol. The minimum atomic E-state index is 0.147. The van der Waals surface area contributed by atoms with Crippen LogP contribution in [0, 0.1) is 11.8 Å². The lowest BCUT2D eigenvalue weighted by Crippen LogP contribution is -2.42. The summed E-state index contributed by atoms with van der Waals surface area (Å²) in [7, 11) is 1.69. The first-order valence-corrected chi connectivity index (χ1v) is 9.14. The van der Waals surface area contributed by atoms with E-state index in [-0.39, 0.29) is 11.9 Å². The Morgan fingerprint density at radius 2 is 1.88 bits per heavy atom. The van der Waals surface area contributed by atoms with Crippen molar-refractivity contribution in [2.75, 3.05) is 26.7 Å². The van der Waals surface area contributed by atoms with Crippen LogP contribution in [0.25, 0.3) is 0 Å². The summed E-state index contributed by atoms with van der Waals surface area (Å²) in [6, 6.07) is 8.49. The van der Waals surface area contributed by atoms with Crippen molar-refractivity contribution in [2.24, 2.45) is 11.8 Å². The van der Waals surface area contributed by atoms with Crippen molar-refractivity contribution in [3.8, 4) is 5.75 Å². The van der Waals surface area contributed by atoms with Gasteiger partial charge in [0.2, 0.25) is 5.91 Å². The highest BCUT2D eigenvalue weighted by Crippen LogP contribution is 2.27. The summed E-state index contributed by atoms with van der Waals surface area (Å²) in [6.45, 7) is 9.34. The summed E-state index contributed by atoms with van der Waals surface area (Å²) in [5.74, 6) is 2.20. The topological polar surface area (TPSA) is 41.6 Å². The minimum Gasteiger partial charge on any atom is -0.497 e. The fraction of sp³-hybridized carbons (Fsp3) is 0.650. The van der Waals surface area contributed by atoms with Crippen molar-refractivity contribution in [1.82, 2.24) is 10.2 Å². The third-order valence-electron chi connectivity index (χ3n) is 4.85. The average Bonchev–Trinajstić information content (AvgIpc) is 2.56. The van der Waals surface area contributed by atoms with Gasteiger partial charge >= 0.3 is 0 Å². The quantitative estimate of drug-likeness (QED) is 0.829. The Balaban J connectivity index is 2.06. The van der Waals surface area contributed by atoms with Crippen LogP contribution in [0.2, 0.25) is 0 Å². The molecule has 1 aromatic rings. The Morgan fingerprint density at radius 3 is 2.42 bits per heavy atom. The van der Waals surface area contributed by atoms with Crippen molar-refractivity contribution >= 4 is 5.91 Å². The van der Waals surface area contributed by atoms with Gasteiger partial charge in [-0.25, -0.2) is 0 Å². The molecule has 0 saturated carbocycles. The van der Waals surface area contributed by atoms with Crippen molar-refractivity contribution in [1.29, 1.82) is 0 Å². The maximum absolute atomic E-state index is 12.1. The second-order valence-electron chi connectivity index (χ2n) is 7.41. The molecule has 1 aliphatic rings. The first kappa shape index (κ1) is 18.8. The average molecular weight is 332 g/mol. The molecule has 1 aliphatic heterocycles. The number of carbonyl (C=O) groups excluding carboxylic acids is 1. The zero-order chi connectivity index (χ0) is 17.5. The van der Waals surface area contributed by atoms with E-state index in [1.54, 1.807) is 7.11 Å². The molecule has 0 bridgehead atoms. The van der Waals surface area contributed by atoms with Crippen molar-refractivity contribution in [2.45, 2.75) is 46.1 Å². The Bertz CT molecular complexity index is 505. The predicted octanol–water partition coefficient (Wildman–Crippen LogP) is 3.63. The molecule has 4 nitrogen and oxygen atoms in total. The van der Waals surface area contributed by atoms with E-state index in [0.717, 1.165) is 24.8 Å². The molecule has 1 heterocycles. The predicted molar refractivity (Wildman–Crippen MR) is 98.2 cm³/mol. The highest BCUT2D eigenvalue weighted by Gasteiger charge is 2.25. The standard InChI is InChI=1S/C20H32N2O2/c1-15(2)13-20(23)21-14-19(22-11-9-16(3)10-12-22)17-5-7-18(24-4)8-6-17/h5-8,15-16,19H,9-14H2,1-4H3,(H,21,23). The first-order valence-electron chi connectivity index (χ1n) is 9.14. The van der Waals surface area contributed by atoms with Crippen LogP contribution in [0.5, 0.6) is 5.75 Å². The smallest absolute Gasteiger partial charge is 0.220 e. The lowest BCUT2D eigenvalue weighted by Gasteiger charge is -2.37. The highest BCUT2D eigenvalue weighted by molar-refractivity contribution is 5.76. The van der Waals surface area contributed by atoms with E-state index in [1.165, 1.54) is 18.4 Å². The molecular formula is C20H32N2O2. The number of rotatable bonds is 7. The first-order chi connectivity index (χ1) is 11.5. The molecule has 1 fully saturated rings. The van der Waals surface area contributed by atoms with Gasteiger partial charge in [-0.1, -0.05) is 32.9 Å². The van der Waals surface area contributed by atoms with Gasteiger partial charge in [-0.05, 0) is 55.5 Å². The van der Waals surface area contributed by atoms with Crippen LogP contribution in [0.3, 0.4) is 0 Å². The maximum Gasteiger partial charge on any atom is 0.220 e. The van der Waals surface area contributed by atoms with Crippen LogP contribution in [0.1, 0.15) is 51.6 Å². The fourth-order valence-electron chi connectivity index (χ4n) is 3.28. The molecule has 1 atom stereocenters. The van der Waals surface area contributed by atoms with Gasteiger partial charge in [-0.15, -0.1) is 0 Å². The minimum absolute atomic E-state index is 0.147. The largest absolute Gasteiger partial charge is 0.497 e. The zero-order valence-electron chi connectivity index (χ0n) is 15.5. The lowest BCUT2D eigenvalue weighted by molar-refractivity contribution is -0.122. The number of nitrogens with one attached hydrogen (secondary N) is 1. The molecule has 24 heavy (non-hydrogen) atoms. The normalized spacial score (nSPS) is 17.7. The SMILES string of the molecule is COc1ccc(C(CNC(=O)CC(C)C)N2CCC(C)CC2)cc1. The molecule has 134 valence electrons. The molecule has 1 N–H and O–H groups in total. The molecule has 1 unspecified atom stereocenters. The van der Waals surface area contributed by atoms with E-state index in [2.05, 4.69) is 43.1 Å². The van der Waals surface area contributed by atoms with Gasteiger partial charge in [0.1, 0.15) is 5.75 Å². The van der Waals surface area contributed by atoms with Gasteiger partial charge in [0, 0.05) is 13.0 Å². The Hall–Kier alpha value is -1.55. The van der Waals surface area contributed by atoms with E-state index in [0.29, 0.717) is 18.9 Å². The maximum atomic E-state index is 12.1.